The maximum atomic E-state index is 11.7. The zero-order valence-corrected chi connectivity index (χ0v) is 9.75. The maximum absolute atomic E-state index is 11.7. The van der Waals surface area contributed by atoms with Gasteiger partial charge in [-0.3, -0.25) is 4.79 Å². The molecule has 0 saturated heterocycles. The van der Waals surface area contributed by atoms with Crippen molar-refractivity contribution in [3.05, 3.63) is 23.8 Å². The molecular formula is C11H11NO3S. The summed E-state index contributed by atoms with van der Waals surface area (Å²) in [4.78, 5) is 25.0. The van der Waals surface area contributed by atoms with Gasteiger partial charge >= 0.3 is 5.97 Å². The lowest BCUT2D eigenvalue weighted by Crippen LogP contribution is -2.36. The van der Waals surface area contributed by atoms with Crippen LogP contribution in [0.25, 0.3) is 0 Å². The number of carbonyl (C=O) groups excluding carboxylic acids is 1. The van der Waals surface area contributed by atoms with Gasteiger partial charge in [0.1, 0.15) is 0 Å². The van der Waals surface area contributed by atoms with Crippen LogP contribution in [0.15, 0.2) is 23.1 Å². The number of aromatic carboxylic acids is 1. The van der Waals surface area contributed by atoms with E-state index in [1.165, 1.54) is 22.7 Å². The van der Waals surface area contributed by atoms with Gasteiger partial charge in [-0.2, -0.15) is 0 Å². The average Bonchev–Trinajstić information content (AvgIpc) is 2.25. The predicted octanol–water partition coefficient (Wildman–Crippen LogP) is 1.84. The molecule has 0 radical (unpaired) electrons. The topological polar surface area (TPSA) is 57.6 Å². The molecule has 1 aromatic carbocycles. The molecule has 0 aliphatic carbocycles. The molecule has 0 aromatic heterocycles. The van der Waals surface area contributed by atoms with Gasteiger partial charge in [0.25, 0.3) is 0 Å². The van der Waals surface area contributed by atoms with Crippen molar-refractivity contribution < 1.29 is 14.7 Å². The average molecular weight is 237 g/mol. The molecule has 0 spiro atoms. The summed E-state index contributed by atoms with van der Waals surface area (Å²) in [5, 5.41) is 8.76. The fourth-order valence-corrected chi connectivity index (χ4v) is 2.75. The Hall–Kier alpha value is -1.49. The highest BCUT2D eigenvalue weighted by Crippen LogP contribution is 2.38. The molecule has 1 N–H and O–H groups in total. The second-order valence-corrected chi connectivity index (χ2v) is 5.03. The Morgan fingerprint density at radius 2 is 2.19 bits per heavy atom. The summed E-state index contributed by atoms with van der Waals surface area (Å²) >= 11 is 1.46. The minimum absolute atomic E-state index is 0.0000359. The van der Waals surface area contributed by atoms with Crippen LogP contribution in [0.1, 0.15) is 17.3 Å². The maximum Gasteiger partial charge on any atom is 0.335 e. The number of amides is 1. The van der Waals surface area contributed by atoms with Crippen molar-refractivity contribution in [1.29, 1.82) is 0 Å². The van der Waals surface area contributed by atoms with Crippen molar-refractivity contribution in [2.24, 2.45) is 0 Å². The number of carboxylic acid groups (broad SMARTS) is 1. The van der Waals surface area contributed by atoms with E-state index in [1.54, 1.807) is 19.2 Å². The molecule has 1 aromatic rings. The Kier molecular flexibility index (Phi) is 2.63. The van der Waals surface area contributed by atoms with Gasteiger partial charge < -0.3 is 10.0 Å². The molecule has 1 amide bonds. The van der Waals surface area contributed by atoms with E-state index in [-0.39, 0.29) is 16.7 Å². The summed E-state index contributed by atoms with van der Waals surface area (Å²) in [6.07, 6.45) is 0. The number of hydrogen-bond donors (Lipinski definition) is 1. The van der Waals surface area contributed by atoms with E-state index in [1.807, 2.05) is 6.92 Å². The minimum atomic E-state index is -0.979. The number of anilines is 1. The van der Waals surface area contributed by atoms with Crippen LogP contribution in [0.3, 0.4) is 0 Å². The molecule has 84 valence electrons. The predicted molar refractivity (Wildman–Crippen MR) is 62.1 cm³/mol. The minimum Gasteiger partial charge on any atom is -0.478 e. The Bertz CT molecular complexity index is 472. The number of thioether (sulfide) groups is 1. The third-order valence-electron chi connectivity index (χ3n) is 2.55. The molecule has 1 aliphatic heterocycles. The molecule has 1 unspecified atom stereocenters. The van der Waals surface area contributed by atoms with Gasteiger partial charge in [-0.25, -0.2) is 4.79 Å². The Morgan fingerprint density at radius 1 is 1.50 bits per heavy atom. The van der Waals surface area contributed by atoms with Crippen LogP contribution in [0, 0.1) is 0 Å². The van der Waals surface area contributed by atoms with Gasteiger partial charge in [-0.15, -0.1) is 11.8 Å². The first-order chi connectivity index (χ1) is 7.50. The number of rotatable bonds is 1. The third kappa shape index (κ3) is 1.67. The second kappa shape index (κ2) is 3.83. The van der Waals surface area contributed by atoms with Crippen molar-refractivity contribution in [2.45, 2.75) is 17.1 Å². The summed E-state index contributed by atoms with van der Waals surface area (Å²) < 4.78 is 0. The molecule has 1 heterocycles. The Morgan fingerprint density at radius 3 is 2.81 bits per heavy atom. The van der Waals surface area contributed by atoms with Crippen molar-refractivity contribution in [1.82, 2.24) is 0 Å². The number of benzene rings is 1. The molecule has 0 bridgehead atoms. The van der Waals surface area contributed by atoms with E-state index in [9.17, 15) is 9.59 Å². The number of fused-ring (bicyclic) bond motifs is 1. The van der Waals surface area contributed by atoms with Crippen LogP contribution >= 0.6 is 11.8 Å². The van der Waals surface area contributed by atoms with Gasteiger partial charge in [-0.1, -0.05) is 0 Å². The van der Waals surface area contributed by atoms with Crippen molar-refractivity contribution >= 4 is 29.3 Å². The van der Waals surface area contributed by atoms with Crippen LogP contribution in [-0.2, 0) is 4.79 Å². The van der Waals surface area contributed by atoms with E-state index in [0.29, 0.717) is 5.69 Å². The number of carboxylic acids is 1. The SMILES string of the molecule is CC1Sc2ccc(C(=O)O)cc2N(C)C1=O. The molecule has 1 atom stereocenters. The highest BCUT2D eigenvalue weighted by molar-refractivity contribution is 8.00. The van der Waals surface area contributed by atoms with Gasteiger partial charge in [0, 0.05) is 11.9 Å². The molecule has 0 saturated carbocycles. The van der Waals surface area contributed by atoms with E-state index >= 15 is 0 Å². The zero-order chi connectivity index (χ0) is 11.9. The van der Waals surface area contributed by atoms with E-state index in [2.05, 4.69) is 0 Å². The highest BCUT2D eigenvalue weighted by atomic mass is 32.2. The standard InChI is InChI=1S/C11H11NO3S/c1-6-10(13)12(2)8-5-7(11(14)15)3-4-9(8)16-6/h3-6H,1-2H3,(H,14,15). The van der Waals surface area contributed by atoms with Crippen molar-refractivity contribution in [3.63, 3.8) is 0 Å². The summed E-state index contributed by atoms with van der Waals surface area (Å²) in [7, 11) is 1.67. The van der Waals surface area contributed by atoms with E-state index < -0.39 is 5.97 Å². The molecular weight excluding hydrogens is 226 g/mol. The van der Waals surface area contributed by atoms with Crippen LogP contribution < -0.4 is 4.90 Å². The lowest BCUT2D eigenvalue weighted by atomic mass is 10.2. The number of carbonyl (C=O) groups is 2. The highest BCUT2D eigenvalue weighted by Gasteiger charge is 2.28. The summed E-state index contributed by atoms with van der Waals surface area (Å²) in [6.45, 7) is 1.84. The normalized spacial score (nSPS) is 19.5. The van der Waals surface area contributed by atoms with Crippen LogP contribution in [0.4, 0.5) is 5.69 Å². The summed E-state index contributed by atoms with van der Waals surface area (Å²) in [6, 6.07) is 4.85. The molecule has 2 rings (SSSR count). The molecule has 1 aliphatic rings. The molecule has 4 nitrogen and oxygen atoms in total. The Balaban J connectivity index is 2.50. The number of nitrogens with zero attached hydrogens (tertiary/aromatic N) is 1. The zero-order valence-electron chi connectivity index (χ0n) is 8.93. The Labute approximate surface area is 97.3 Å². The number of hydrogen-bond acceptors (Lipinski definition) is 3. The van der Waals surface area contributed by atoms with Crippen LogP contribution in [0.5, 0.6) is 0 Å². The first-order valence-corrected chi connectivity index (χ1v) is 5.70. The summed E-state index contributed by atoms with van der Waals surface area (Å²) in [5.41, 5.74) is 0.876. The monoisotopic (exact) mass is 237 g/mol. The fraction of sp³-hybridized carbons (Fsp3) is 0.273. The lowest BCUT2D eigenvalue weighted by Gasteiger charge is -2.29. The summed E-state index contributed by atoms with van der Waals surface area (Å²) in [5.74, 6) is -0.979. The first kappa shape index (κ1) is 11.0. The van der Waals surface area contributed by atoms with Crippen molar-refractivity contribution in [3.8, 4) is 0 Å². The quantitative estimate of drug-likeness (QED) is 0.809. The van der Waals surface area contributed by atoms with Crippen molar-refractivity contribution in [2.75, 3.05) is 11.9 Å². The lowest BCUT2D eigenvalue weighted by molar-refractivity contribution is -0.117. The molecule has 16 heavy (non-hydrogen) atoms. The van der Waals surface area contributed by atoms with Crippen LogP contribution in [0.2, 0.25) is 0 Å². The smallest absolute Gasteiger partial charge is 0.335 e. The van der Waals surface area contributed by atoms with Gasteiger partial charge in [0.15, 0.2) is 0 Å². The fourth-order valence-electron chi connectivity index (χ4n) is 1.64. The third-order valence-corrected chi connectivity index (χ3v) is 3.70. The van der Waals surface area contributed by atoms with Gasteiger partial charge in [0.2, 0.25) is 5.91 Å². The molecule has 5 heteroatoms. The largest absolute Gasteiger partial charge is 0.478 e. The van der Waals surface area contributed by atoms with E-state index in [0.717, 1.165) is 4.90 Å². The van der Waals surface area contributed by atoms with E-state index in [4.69, 9.17) is 5.11 Å². The second-order valence-electron chi connectivity index (χ2n) is 3.64. The van der Waals surface area contributed by atoms with Gasteiger partial charge in [-0.05, 0) is 25.1 Å². The van der Waals surface area contributed by atoms with Gasteiger partial charge in [0.05, 0.1) is 16.5 Å². The van der Waals surface area contributed by atoms with Crippen LogP contribution in [-0.4, -0.2) is 29.3 Å². The molecule has 0 fully saturated rings. The first-order valence-electron chi connectivity index (χ1n) is 4.82.